The molecule has 0 bridgehead atoms. The van der Waals surface area contributed by atoms with Gasteiger partial charge in [-0.15, -0.1) is 11.3 Å². The van der Waals surface area contributed by atoms with Crippen LogP contribution < -0.4 is 11.1 Å². The molecule has 1 aliphatic rings. The van der Waals surface area contributed by atoms with Gasteiger partial charge in [-0.3, -0.25) is 4.79 Å². The van der Waals surface area contributed by atoms with Crippen LogP contribution in [-0.4, -0.2) is 18.5 Å². The maximum atomic E-state index is 11.9. The van der Waals surface area contributed by atoms with E-state index in [0.717, 1.165) is 4.88 Å². The second kappa shape index (κ2) is 5.38. The number of hydrogen-bond donors (Lipinski definition) is 2. The number of rotatable bonds is 5. The third-order valence-electron chi connectivity index (χ3n) is 3.15. The molecular weight excluding hydrogens is 256 g/mol. The maximum Gasteiger partial charge on any atom is 0.228 e. The Morgan fingerprint density at radius 1 is 1.65 bits per heavy atom. The van der Waals surface area contributed by atoms with Gasteiger partial charge in [0.1, 0.15) is 0 Å². The van der Waals surface area contributed by atoms with Crippen molar-refractivity contribution in [1.82, 2.24) is 5.32 Å². The number of hydrogen-bond acceptors (Lipinski definition) is 3. The summed E-state index contributed by atoms with van der Waals surface area (Å²) in [6.07, 6.45) is 2.40. The highest BCUT2D eigenvalue weighted by Crippen LogP contribution is 2.31. The number of halogens is 1. The first-order chi connectivity index (χ1) is 8.08. The van der Waals surface area contributed by atoms with Crippen LogP contribution in [0.4, 0.5) is 0 Å². The average Bonchev–Trinajstić information content (AvgIpc) is 3.07. The summed E-state index contributed by atoms with van der Waals surface area (Å²) in [4.78, 5) is 12.9. The van der Waals surface area contributed by atoms with Gasteiger partial charge < -0.3 is 11.1 Å². The summed E-state index contributed by atoms with van der Waals surface area (Å²) in [5.41, 5.74) is 5.94. The lowest BCUT2D eigenvalue weighted by Crippen LogP contribution is -2.40. The Balaban J connectivity index is 1.82. The van der Waals surface area contributed by atoms with E-state index in [2.05, 4.69) is 5.32 Å². The maximum absolute atomic E-state index is 11.9. The minimum Gasteiger partial charge on any atom is -0.354 e. The molecule has 1 aromatic rings. The van der Waals surface area contributed by atoms with Crippen LogP contribution in [0.5, 0.6) is 0 Å². The Hall–Kier alpha value is -0.580. The molecule has 0 aliphatic heterocycles. The van der Waals surface area contributed by atoms with E-state index in [9.17, 15) is 4.79 Å². The standard InChI is InChI=1S/C12H17ClN2OS/c1-7(10-4-5-11(13)17-10)12(16)15-6-9(14)8-2-3-8/h4-5,7-9H,2-3,6,14H2,1H3,(H,15,16). The lowest BCUT2D eigenvalue weighted by atomic mass is 10.1. The summed E-state index contributed by atoms with van der Waals surface area (Å²) in [6.45, 7) is 2.47. The first kappa shape index (κ1) is 12.9. The molecule has 1 fully saturated rings. The molecule has 5 heteroatoms. The highest BCUT2D eigenvalue weighted by molar-refractivity contribution is 7.16. The van der Waals surface area contributed by atoms with Crippen LogP contribution in [-0.2, 0) is 4.79 Å². The number of nitrogens with two attached hydrogens (primary N) is 1. The Morgan fingerprint density at radius 3 is 2.88 bits per heavy atom. The molecule has 3 nitrogen and oxygen atoms in total. The van der Waals surface area contributed by atoms with E-state index in [1.54, 1.807) is 0 Å². The van der Waals surface area contributed by atoms with Crippen molar-refractivity contribution < 1.29 is 4.79 Å². The monoisotopic (exact) mass is 272 g/mol. The first-order valence-electron chi connectivity index (χ1n) is 5.86. The molecule has 1 saturated carbocycles. The second-order valence-corrected chi connectivity index (χ2v) is 6.36. The molecule has 0 saturated heterocycles. The molecule has 2 rings (SSSR count). The molecule has 1 heterocycles. The van der Waals surface area contributed by atoms with E-state index in [4.69, 9.17) is 17.3 Å². The van der Waals surface area contributed by atoms with Crippen molar-refractivity contribution in [3.63, 3.8) is 0 Å². The SMILES string of the molecule is CC(C(=O)NCC(N)C1CC1)c1ccc(Cl)s1. The van der Waals surface area contributed by atoms with Crippen LogP contribution in [0.25, 0.3) is 0 Å². The lowest BCUT2D eigenvalue weighted by Gasteiger charge is -2.14. The predicted octanol–water partition coefficient (Wildman–Crippen LogP) is 2.36. The molecule has 2 unspecified atom stereocenters. The molecule has 94 valence electrons. The summed E-state index contributed by atoms with van der Waals surface area (Å²) >= 11 is 7.30. The van der Waals surface area contributed by atoms with Crippen LogP contribution in [0.1, 0.15) is 30.6 Å². The molecule has 1 aliphatic carbocycles. The van der Waals surface area contributed by atoms with Gasteiger partial charge in [0.05, 0.1) is 10.3 Å². The summed E-state index contributed by atoms with van der Waals surface area (Å²) in [6, 6.07) is 3.83. The molecule has 17 heavy (non-hydrogen) atoms. The van der Waals surface area contributed by atoms with E-state index in [0.29, 0.717) is 16.8 Å². The molecule has 3 N–H and O–H groups in total. The summed E-state index contributed by atoms with van der Waals surface area (Å²) in [5, 5.41) is 2.91. The molecule has 1 amide bonds. The number of nitrogens with one attached hydrogen (secondary N) is 1. The zero-order valence-corrected chi connectivity index (χ0v) is 11.4. The van der Waals surface area contributed by atoms with Crippen LogP contribution >= 0.6 is 22.9 Å². The van der Waals surface area contributed by atoms with E-state index < -0.39 is 0 Å². The third kappa shape index (κ3) is 3.44. The Morgan fingerprint density at radius 2 is 2.35 bits per heavy atom. The molecule has 2 atom stereocenters. The number of carbonyl (C=O) groups excluding carboxylic acids is 1. The van der Waals surface area contributed by atoms with Gasteiger partial charge in [-0.25, -0.2) is 0 Å². The van der Waals surface area contributed by atoms with Gasteiger partial charge in [0, 0.05) is 17.5 Å². The summed E-state index contributed by atoms with van der Waals surface area (Å²) in [5.74, 6) is 0.486. The second-order valence-electron chi connectivity index (χ2n) is 4.61. The number of thiophene rings is 1. The fourth-order valence-corrected chi connectivity index (χ4v) is 2.86. The van der Waals surface area contributed by atoms with Gasteiger partial charge in [-0.2, -0.15) is 0 Å². The summed E-state index contributed by atoms with van der Waals surface area (Å²) in [7, 11) is 0. The van der Waals surface area contributed by atoms with Crippen molar-refractivity contribution in [2.75, 3.05) is 6.54 Å². The topological polar surface area (TPSA) is 55.1 Å². The minimum absolute atomic E-state index is 0.0274. The first-order valence-corrected chi connectivity index (χ1v) is 7.06. The largest absolute Gasteiger partial charge is 0.354 e. The van der Waals surface area contributed by atoms with Gasteiger partial charge >= 0.3 is 0 Å². The van der Waals surface area contributed by atoms with E-state index in [-0.39, 0.29) is 17.9 Å². The van der Waals surface area contributed by atoms with Crippen molar-refractivity contribution in [3.05, 3.63) is 21.3 Å². The van der Waals surface area contributed by atoms with E-state index in [1.807, 2.05) is 19.1 Å². The van der Waals surface area contributed by atoms with Gasteiger partial charge in [0.2, 0.25) is 5.91 Å². The van der Waals surface area contributed by atoms with Crippen molar-refractivity contribution in [1.29, 1.82) is 0 Å². The van der Waals surface area contributed by atoms with Crippen LogP contribution in [0, 0.1) is 5.92 Å². The predicted molar refractivity (Wildman–Crippen MR) is 71.5 cm³/mol. The third-order valence-corrected chi connectivity index (χ3v) is 4.57. The fourth-order valence-electron chi connectivity index (χ4n) is 1.75. The summed E-state index contributed by atoms with van der Waals surface area (Å²) < 4.78 is 0.717. The number of carbonyl (C=O) groups is 1. The fraction of sp³-hybridized carbons (Fsp3) is 0.583. The zero-order valence-electron chi connectivity index (χ0n) is 9.78. The zero-order chi connectivity index (χ0) is 12.4. The Labute approximate surface area is 110 Å². The van der Waals surface area contributed by atoms with Crippen LogP contribution in [0.2, 0.25) is 4.34 Å². The van der Waals surface area contributed by atoms with Crippen molar-refractivity contribution in [3.8, 4) is 0 Å². The molecule has 0 spiro atoms. The van der Waals surface area contributed by atoms with Crippen molar-refractivity contribution in [2.24, 2.45) is 11.7 Å². The van der Waals surface area contributed by atoms with Gasteiger partial charge in [0.25, 0.3) is 0 Å². The molecule has 1 aromatic heterocycles. The molecular formula is C12H17ClN2OS. The van der Waals surface area contributed by atoms with E-state index >= 15 is 0 Å². The average molecular weight is 273 g/mol. The van der Waals surface area contributed by atoms with Gasteiger partial charge in [-0.05, 0) is 37.8 Å². The van der Waals surface area contributed by atoms with Crippen LogP contribution in [0.3, 0.4) is 0 Å². The smallest absolute Gasteiger partial charge is 0.228 e. The van der Waals surface area contributed by atoms with Crippen molar-refractivity contribution >= 4 is 28.8 Å². The van der Waals surface area contributed by atoms with E-state index in [1.165, 1.54) is 24.2 Å². The molecule has 0 aromatic carbocycles. The van der Waals surface area contributed by atoms with Crippen LogP contribution in [0.15, 0.2) is 12.1 Å². The quantitative estimate of drug-likeness (QED) is 0.865. The lowest BCUT2D eigenvalue weighted by molar-refractivity contribution is -0.122. The highest BCUT2D eigenvalue weighted by atomic mass is 35.5. The highest BCUT2D eigenvalue weighted by Gasteiger charge is 2.29. The number of amides is 1. The normalized spacial score (nSPS) is 18.8. The Bertz CT molecular complexity index is 403. The van der Waals surface area contributed by atoms with Gasteiger partial charge in [0.15, 0.2) is 0 Å². The minimum atomic E-state index is -0.154. The van der Waals surface area contributed by atoms with Crippen molar-refractivity contribution in [2.45, 2.75) is 31.7 Å². The molecule has 0 radical (unpaired) electrons. The van der Waals surface area contributed by atoms with Gasteiger partial charge in [-0.1, -0.05) is 11.6 Å². The Kier molecular flexibility index (Phi) is 4.07.